The molecule has 2 N–H and O–H groups in total. The van der Waals surface area contributed by atoms with E-state index in [1.165, 1.54) is 29.5 Å². The molecule has 1 aromatic heterocycles. The predicted octanol–water partition coefficient (Wildman–Crippen LogP) is 4.57. The van der Waals surface area contributed by atoms with E-state index in [1.54, 1.807) is 12.1 Å². The summed E-state index contributed by atoms with van der Waals surface area (Å²) < 4.78 is 5.81. The lowest BCUT2D eigenvalue weighted by Gasteiger charge is -2.26. The minimum absolute atomic E-state index is 0.0126. The lowest BCUT2D eigenvalue weighted by atomic mass is 9.95. The van der Waals surface area contributed by atoms with Crippen molar-refractivity contribution in [1.82, 2.24) is 9.88 Å². The second kappa shape index (κ2) is 8.15. The third-order valence-corrected chi connectivity index (χ3v) is 6.43. The van der Waals surface area contributed by atoms with Crippen molar-refractivity contribution < 1.29 is 14.6 Å². The molecule has 1 atom stereocenters. The number of nitrogens with zero attached hydrogens (tertiary/aromatic N) is 1. The van der Waals surface area contributed by atoms with Crippen molar-refractivity contribution in [3.8, 4) is 5.75 Å². The van der Waals surface area contributed by atoms with Crippen molar-refractivity contribution in [1.29, 1.82) is 0 Å². The van der Waals surface area contributed by atoms with E-state index in [2.05, 4.69) is 4.98 Å². The molecule has 0 bridgehead atoms. The fraction of sp³-hybridized carbons (Fsp3) is 0.400. The Hall–Kier alpha value is -2.79. The van der Waals surface area contributed by atoms with Gasteiger partial charge in [-0.05, 0) is 68.4 Å². The summed E-state index contributed by atoms with van der Waals surface area (Å²) in [6.45, 7) is 1.66. The number of carbonyl (C=O) groups is 1. The number of para-hydroxylation sites is 1. The number of aromatic amines is 1. The zero-order valence-electron chi connectivity index (χ0n) is 17.2. The summed E-state index contributed by atoms with van der Waals surface area (Å²) in [7, 11) is 0. The van der Waals surface area contributed by atoms with Crippen LogP contribution in [0.3, 0.4) is 0 Å². The smallest absolute Gasteiger partial charge is 0.254 e. The van der Waals surface area contributed by atoms with Crippen molar-refractivity contribution in [2.75, 3.05) is 13.2 Å². The molecule has 30 heavy (non-hydrogen) atoms. The number of amides is 1. The lowest BCUT2D eigenvalue weighted by Crippen LogP contribution is -2.37. The zero-order valence-corrected chi connectivity index (χ0v) is 17.2. The molecule has 2 heterocycles. The molecule has 2 aromatic carbocycles. The molecule has 1 saturated heterocycles. The molecule has 5 heteroatoms. The highest BCUT2D eigenvalue weighted by Gasteiger charge is 2.25. The zero-order chi connectivity index (χ0) is 20.5. The molecule has 5 rings (SSSR count). The quantitative estimate of drug-likeness (QED) is 0.654. The second-order valence-electron chi connectivity index (χ2n) is 8.50. The van der Waals surface area contributed by atoms with Gasteiger partial charge in [0.05, 0.1) is 6.10 Å². The van der Waals surface area contributed by atoms with Gasteiger partial charge >= 0.3 is 0 Å². The van der Waals surface area contributed by atoms with E-state index in [0.29, 0.717) is 18.7 Å². The fourth-order valence-corrected chi connectivity index (χ4v) is 4.83. The number of aryl methyl sites for hydroxylation is 2. The van der Waals surface area contributed by atoms with Crippen LogP contribution in [0.25, 0.3) is 10.9 Å². The van der Waals surface area contributed by atoms with Crippen LogP contribution in [0, 0.1) is 0 Å². The Bertz CT molecular complexity index is 1070. The summed E-state index contributed by atoms with van der Waals surface area (Å²) in [6.07, 6.45) is 6.65. The van der Waals surface area contributed by atoms with Crippen LogP contribution in [-0.2, 0) is 24.1 Å². The lowest BCUT2D eigenvalue weighted by molar-refractivity contribution is 0.0506. The maximum atomic E-state index is 13.6. The van der Waals surface area contributed by atoms with Crippen LogP contribution < -0.4 is 0 Å². The van der Waals surface area contributed by atoms with Crippen molar-refractivity contribution in [2.24, 2.45) is 0 Å². The molecule has 2 aliphatic rings. The van der Waals surface area contributed by atoms with E-state index in [1.807, 2.05) is 35.2 Å². The van der Waals surface area contributed by atoms with Crippen molar-refractivity contribution >= 4 is 16.8 Å². The largest absolute Gasteiger partial charge is 0.508 e. The first-order valence-corrected chi connectivity index (χ1v) is 11.0. The highest BCUT2D eigenvalue weighted by atomic mass is 16.5. The van der Waals surface area contributed by atoms with E-state index < -0.39 is 0 Å². The maximum Gasteiger partial charge on any atom is 0.254 e. The van der Waals surface area contributed by atoms with Gasteiger partial charge in [-0.15, -0.1) is 0 Å². The molecule has 1 unspecified atom stereocenters. The number of benzene rings is 2. The molecule has 3 aromatic rings. The number of phenolic OH excluding ortho intramolecular Hbond substituents is 1. The van der Waals surface area contributed by atoms with Gasteiger partial charge in [-0.25, -0.2) is 0 Å². The Morgan fingerprint density at radius 2 is 2.00 bits per heavy atom. The number of H-pyrrole nitrogens is 1. The molecule has 1 aliphatic carbocycles. The summed E-state index contributed by atoms with van der Waals surface area (Å²) in [4.78, 5) is 18.9. The standard InChI is InChI=1S/C25H28N2O3/c28-24-10-4-1-6-18(24)15-27(16-19-7-5-13-30-19)25(29)17-11-12-23-21(14-17)20-8-2-3-9-22(20)26-23/h1,4,6,10-12,14,19,26,28H,2-3,5,7-9,13,15-16H2. The van der Waals surface area contributed by atoms with Gasteiger partial charge in [-0.1, -0.05) is 18.2 Å². The summed E-state index contributed by atoms with van der Waals surface area (Å²) in [5.74, 6) is 0.208. The Morgan fingerprint density at radius 3 is 2.83 bits per heavy atom. The van der Waals surface area contributed by atoms with E-state index in [0.717, 1.165) is 43.4 Å². The predicted molar refractivity (Wildman–Crippen MR) is 117 cm³/mol. The Labute approximate surface area is 176 Å². The van der Waals surface area contributed by atoms with Crippen LogP contribution in [0.5, 0.6) is 5.75 Å². The molecule has 0 radical (unpaired) electrons. The number of carbonyl (C=O) groups excluding carboxylic acids is 1. The van der Waals surface area contributed by atoms with Crippen LogP contribution >= 0.6 is 0 Å². The molecule has 0 saturated carbocycles. The molecule has 1 fully saturated rings. The monoisotopic (exact) mass is 404 g/mol. The van der Waals surface area contributed by atoms with Crippen LogP contribution in [0.15, 0.2) is 42.5 Å². The van der Waals surface area contributed by atoms with E-state index in [9.17, 15) is 9.90 Å². The number of aromatic nitrogens is 1. The summed E-state index contributed by atoms with van der Waals surface area (Å²) in [5.41, 5.74) is 5.26. The van der Waals surface area contributed by atoms with Crippen molar-refractivity contribution in [3.63, 3.8) is 0 Å². The van der Waals surface area contributed by atoms with Gasteiger partial charge < -0.3 is 19.7 Å². The first kappa shape index (κ1) is 19.2. The number of hydrogen-bond acceptors (Lipinski definition) is 3. The van der Waals surface area contributed by atoms with Crippen molar-refractivity contribution in [3.05, 3.63) is 64.8 Å². The highest BCUT2D eigenvalue weighted by molar-refractivity contribution is 5.99. The number of ether oxygens (including phenoxy) is 1. The molecule has 1 aliphatic heterocycles. The number of phenols is 1. The summed E-state index contributed by atoms with van der Waals surface area (Å²) in [6, 6.07) is 13.2. The molecular weight excluding hydrogens is 376 g/mol. The van der Waals surface area contributed by atoms with Gasteiger partial charge in [0, 0.05) is 47.4 Å². The van der Waals surface area contributed by atoms with Gasteiger partial charge in [0.25, 0.3) is 5.91 Å². The van der Waals surface area contributed by atoms with Crippen LogP contribution in [0.4, 0.5) is 0 Å². The molecule has 156 valence electrons. The van der Waals surface area contributed by atoms with E-state index in [4.69, 9.17) is 4.74 Å². The minimum atomic E-state index is -0.0126. The number of nitrogens with one attached hydrogen (secondary N) is 1. The third-order valence-electron chi connectivity index (χ3n) is 6.43. The molecule has 5 nitrogen and oxygen atoms in total. The van der Waals surface area contributed by atoms with Gasteiger partial charge in [0.15, 0.2) is 0 Å². The van der Waals surface area contributed by atoms with Crippen LogP contribution in [0.2, 0.25) is 0 Å². The fourth-order valence-electron chi connectivity index (χ4n) is 4.83. The summed E-state index contributed by atoms with van der Waals surface area (Å²) in [5, 5.41) is 11.4. The number of aromatic hydroxyl groups is 1. The van der Waals surface area contributed by atoms with E-state index >= 15 is 0 Å². The van der Waals surface area contributed by atoms with E-state index in [-0.39, 0.29) is 17.8 Å². The summed E-state index contributed by atoms with van der Waals surface area (Å²) >= 11 is 0. The number of rotatable bonds is 5. The van der Waals surface area contributed by atoms with Crippen molar-refractivity contribution in [2.45, 2.75) is 51.2 Å². The van der Waals surface area contributed by atoms with Gasteiger partial charge in [0.2, 0.25) is 0 Å². The Kier molecular flexibility index (Phi) is 5.21. The maximum absolute atomic E-state index is 13.6. The second-order valence-corrected chi connectivity index (χ2v) is 8.50. The SMILES string of the molecule is O=C(c1ccc2[nH]c3c(c2c1)CCCC3)N(Cc1ccccc1O)CC1CCCO1. The van der Waals surface area contributed by atoms with Gasteiger partial charge in [0.1, 0.15) is 5.75 Å². The average molecular weight is 405 g/mol. The van der Waals surface area contributed by atoms with Gasteiger partial charge in [-0.2, -0.15) is 0 Å². The molecule has 0 spiro atoms. The third kappa shape index (κ3) is 3.70. The highest BCUT2D eigenvalue weighted by Crippen LogP contribution is 2.30. The first-order valence-electron chi connectivity index (χ1n) is 11.0. The Balaban J connectivity index is 1.46. The molecular formula is C25H28N2O3. The Morgan fingerprint density at radius 1 is 1.13 bits per heavy atom. The van der Waals surface area contributed by atoms with Crippen LogP contribution in [-0.4, -0.2) is 40.2 Å². The normalized spacial score (nSPS) is 18.5. The average Bonchev–Trinajstić information content (AvgIpc) is 3.41. The minimum Gasteiger partial charge on any atom is -0.508 e. The molecule has 1 amide bonds. The number of hydrogen-bond donors (Lipinski definition) is 2. The topological polar surface area (TPSA) is 65.6 Å². The van der Waals surface area contributed by atoms with Crippen LogP contribution in [0.1, 0.15) is 52.9 Å². The first-order chi connectivity index (χ1) is 14.7. The number of fused-ring (bicyclic) bond motifs is 3. The van der Waals surface area contributed by atoms with Gasteiger partial charge in [-0.3, -0.25) is 4.79 Å².